The van der Waals surface area contributed by atoms with Crippen molar-refractivity contribution >= 4 is 23.8 Å². The molecular formula is C29H39FN2O13. The van der Waals surface area contributed by atoms with E-state index in [1.165, 1.54) is 25.2 Å². The van der Waals surface area contributed by atoms with Gasteiger partial charge in [0.2, 0.25) is 5.78 Å². The van der Waals surface area contributed by atoms with Gasteiger partial charge in [-0.2, -0.15) is 0 Å². The van der Waals surface area contributed by atoms with Crippen LogP contribution in [0.5, 0.6) is 0 Å². The summed E-state index contributed by atoms with van der Waals surface area (Å²) < 4.78 is 31.7. The number of alkyl halides is 1. The zero-order valence-corrected chi connectivity index (χ0v) is 25.1. The van der Waals surface area contributed by atoms with Crippen LogP contribution in [0.2, 0.25) is 0 Å². The number of rotatable bonds is 12. The van der Waals surface area contributed by atoms with Crippen molar-refractivity contribution < 1.29 is 63.0 Å². The molecule has 250 valence electrons. The van der Waals surface area contributed by atoms with Crippen LogP contribution in [-0.4, -0.2) is 101 Å². The number of aliphatic hydroxyl groups excluding tert-OH is 2. The van der Waals surface area contributed by atoms with Crippen molar-refractivity contribution in [2.24, 2.45) is 22.7 Å². The standard InChI is InChI=1S/C29H39FN2O13/c1-26-8-7-18(33)13-17(26)5-6-19-20-14-21(34)29(39,27(20,2)15-22(35)28(19,26)30)23(36)16-44-24(37)31-9-12-43-25(38)42-10-3-4-11-45-32(40)41/h7-8,13,19-22,34-35,39H,3-6,9-12,14-16H2,1-2H3,(H,31,37)/t19?,20?,21-,22+,26+,27+,28+,29+/m1/s1. The Labute approximate surface area is 257 Å². The zero-order chi connectivity index (χ0) is 33.2. The smallest absolute Gasteiger partial charge is 0.441 e. The van der Waals surface area contributed by atoms with Gasteiger partial charge in [0.15, 0.2) is 23.7 Å². The summed E-state index contributed by atoms with van der Waals surface area (Å²) in [5.41, 5.74) is -6.83. The number of nitrogens with one attached hydrogen (secondary N) is 1. The Morgan fingerprint density at radius 2 is 1.78 bits per heavy atom. The van der Waals surface area contributed by atoms with Gasteiger partial charge in [-0.15, -0.1) is 10.1 Å². The number of Topliss-reactive ketones (excluding diaryl/α,β-unsaturated/α-hetero) is 1. The van der Waals surface area contributed by atoms with Crippen LogP contribution in [0.3, 0.4) is 0 Å². The lowest BCUT2D eigenvalue weighted by Crippen LogP contribution is -2.69. The normalized spacial score (nSPS) is 36.5. The fourth-order valence-corrected chi connectivity index (χ4v) is 7.85. The molecule has 4 aliphatic rings. The molecule has 16 heteroatoms. The molecule has 0 aromatic carbocycles. The number of carbonyl (C=O) groups excluding carboxylic acids is 4. The molecule has 3 saturated carbocycles. The molecule has 45 heavy (non-hydrogen) atoms. The number of allylic oxidation sites excluding steroid dienone is 4. The molecule has 0 spiro atoms. The molecule has 2 unspecified atom stereocenters. The monoisotopic (exact) mass is 642 g/mol. The van der Waals surface area contributed by atoms with Gasteiger partial charge in [0.1, 0.15) is 6.61 Å². The van der Waals surface area contributed by atoms with Crippen LogP contribution in [0.1, 0.15) is 52.4 Å². The molecule has 4 aliphatic carbocycles. The number of halogens is 1. The van der Waals surface area contributed by atoms with Crippen molar-refractivity contribution in [3.63, 3.8) is 0 Å². The second-order valence-corrected chi connectivity index (χ2v) is 12.4. The molecule has 0 saturated heterocycles. The molecule has 0 aromatic rings. The van der Waals surface area contributed by atoms with E-state index in [0.29, 0.717) is 18.4 Å². The van der Waals surface area contributed by atoms with Gasteiger partial charge >= 0.3 is 12.2 Å². The van der Waals surface area contributed by atoms with Crippen molar-refractivity contribution in [3.8, 4) is 0 Å². The largest absolute Gasteiger partial charge is 0.508 e. The molecule has 0 aromatic heterocycles. The molecule has 0 heterocycles. The fourth-order valence-electron chi connectivity index (χ4n) is 7.85. The van der Waals surface area contributed by atoms with Crippen molar-refractivity contribution in [2.75, 3.05) is 33.0 Å². The van der Waals surface area contributed by atoms with E-state index in [4.69, 9.17) is 14.2 Å². The SMILES string of the molecule is C[C@]12C=CC(=O)C=C1CCC1C3C[C@@H](O)[C@](O)(C(=O)COC(=O)NCCOC(=O)OCCCCO[N+](=O)[O-])[C@@]3(C)C[C@H](O)[C@@]12F. The summed E-state index contributed by atoms with van der Waals surface area (Å²) >= 11 is 0. The summed E-state index contributed by atoms with van der Waals surface area (Å²) in [6, 6.07) is 0. The number of hydrogen-bond donors (Lipinski definition) is 4. The van der Waals surface area contributed by atoms with Crippen LogP contribution in [0.25, 0.3) is 0 Å². The molecule has 15 nitrogen and oxygen atoms in total. The first kappa shape index (κ1) is 34.2. The van der Waals surface area contributed by atoms with Crippen LogP contribution in [0, 0.1) is 32.8 Å². The van der Waals surface area contributed by atoms with Gasteiger partial charge in [0.05, 0.1) is 32.0 Å². The number of ketones is 2. The molecule has 8 atom stereocenters. The molecule has 4 rings (SSSR count). The Kier molecular flexibility index (Phi) is 9.90. The van der Waals surface area contributed by atoms with E-state index in [9.17, 15) is 44.6 Å². The Hall–Kier alpha value is -3.63. The van der Waals surface area contributed by atoms with Crippen LogP contribution in [-0.2, 0) is 28.6 Å². The highest BCUT2D eigenvalue weighted by atomic mass is 19.1. The van der Waals surface area contributed by atoms with Crippen molar-refractivity contribution in [2.45, 2.75) is 75.9 Å². The summed E-state index contributed by atoms with van der Waals surface area (Å²) in [6.45, 7) is 1.50. The molecular weight excluding hydrogens is 603 g/mol. The lowest BCUT2D eigenvalue weighted by Gasteiger charge is -2.62. The first-order valence-corrected chi connectivity index (χ1v) is 14.8. The lowest BCUT2D eigenvalue weighted by molar-refractivity contribution is -0.757. The van der Waals surface area contributed by atoms with Gasteiger partial charge in [0.25, 0.3) is 5.09 Å². The van der Waals surface area contributed by atoms with E-state index >= 15 is 4.39 Å². The number of unbranched alkanes of at least 4 members (excludes halogenated alkanes) is 1. The minimum absolute atomic E-state index is 0.0639. The van der Waals surface area contributed by atoms with E-state index < -0.39 is 75.9 Å². The van der Waals surface area contributed by atoms with Crippen molar-refractivity contribution in [1.29, 1.82) is 0 Å². The Morgan fingerprint density at radius 3 is 2.49 bits per heavy atom. The predicted molar refractivity (Wildman–Crippen MR) is 149 cm³/mol. The second kappa shape index (κ2) is 13.0. The summed E-state index contributed by atoms with van der Waals surface area (Å²) in [7, 11) is 0. The van der Waals surface area contributed by atoms with E-state index in [2.05, 4.69) is 10.2 Å². The van der Waals surface area contributed by atoms with Crippen LogP contribution < -0.4 is 5.32 Å². The minimum atomic E-state index is -2.45. The maximum Gasteiger partial charge on any atom is 0.508 e. The number of ether oxygens (including phenoxy) is 3. The first-order chi connectivity index (χ1) is 21.1. The topological polar surface area (TPSA) is 221 Å². The second-order valence-electron chi connectivity index (χ2n) is 12.4. The average Bonchev–Trinajstić information content (AvgIpc) is 3.18. The van der Waals surface area contributed by atoms with Gasteiger partial charge in [-0.3, -0.25) is 9.59 Å². The lowest BCUT2D eigenvalue weighted by atomic mass is 9.44. The van der Waals surface area contributed by atoms with Crippen molar-refractivity contribution in [1.82, 2.24) is 5.32 Å². The van der Waals surface area contributed by atoms with Gasteiger partial charge in [-0.1, -0.05) is 18.6 Å². The highest BCUT2D eigenvalue weighted by Crippen LogP contribution is 2.69. The summed E-state index contributed by atoms with van der Waals surface area (Å²) in [6.07, 6.45) is -0.503. The molecule has 1 amide bonds. The predicted octanol–water partition coefficient (Wildman–Crippen LogP) is 1.50. The third-order valence-corrected chi connectivity index (χ3v) is 10.2. The van der Waals surface area contributed by atoms with Gasteiger partial charge < -0.3 is 39.7 Å². The summed E-state index contributed by atoms with van der Waals surface area (Å²) in [5, 5.41) is 45.4. The summed E-state index contributed by atoms with van der Waals surface area (Å²) in [5.74, 6) is -2.83. The number of alkyl carbamates (subject to hydrolysis) is 1. The number of nitrogens with zero attached hydrogens (tertiary/aromatic N) is 1. The maximum absolute atomic E-state index is 17.2. The quantitative estimate of drug-likeness (QED) is 0.103. The van der Waals surface area contributed by atoms with Gasteiger partial charge in [-0.25, -0.2) is 14.0 Å². The Bertz CT molecular complexity index is 1270. The molecule has 0 aliphatic heterocycles. The zero-order valence-electron chi connectivity index (χ0n) is 25.1. The fraction of sp³-hybridized carbons (Fsp3) is 0.724. The summed E-state index contributed by atoms with van der Waals surface area (Å²) in [4.78, 5) is 63.2. The molecule has 4 N–H and O–H groups in total. The number of hydrogen-bond acceptors (Lipinski definition) is 13. The molecule has 0 radical (unpaired) electrons. The number of amides is 1. The molecule has 3 fully saturated rings. The van der Waals surface area contributed by atoms with E-state index in [-0.39, 0.29) is 57.8 Å². The Balaban J connectivity index is 1.29. The van der Waals surface area contributed by atoms with E-state index in [0.717, 1.165) is 0 Å². The van der Waals surface area contributed by atoms with Crippen LogP contribution >= 0.6 is 0 Å². The van der Waals surface area contributed by atoms with Gasteiger partial charge in [-0.05, 0) is 63.5 Å². The van der Waals surface area contributed by atoms with Gasteiger partial charge in [0, 0.05) is 16.7 Å². The molecule has 0 bridgehead atoms. The highest BCUT2D eigenvalue weighted by Gasteiger charge is 2.76. The minimum Gasteiger partial charge on any atom is -0.441 e. The highest BCUT2D eigenvalue weighted by molar-refractivity contribution is 6.01. The van der Waals surface area contributed by atoms with E-state index in [1.807, 2.05) is 0 Å². The number of carbonyl (C=O) groups is 4. The van der Waals surface area contributed by atoms with E-state index in [1.54, 1.807) is 6.92 Å². The number of aliphatic hydroxyl groups is 3. The third kappa shape index (κ3) is 6.02. The average molecular weight is 643 g/mol. The Morgan fingerprint density at radius 1 is 1.09 bits per heavy atom. The first-order valence-electron chi connectivity index (χ1n) is 14.8. The van der Waals surface area contributed by atoms with Crippen LogP contribution in [0.4, 0.5) is 14.0 Å². The third-order valence-electron chi connectivity index (χ3n) is 10.2. The van der Waals surface area contributed by atoms with Crippen molar-refractivity contribution in [3.05, 3.63) is 33.9 Å². The van der Waals surface area contributed by atoms with Crippen LogP contribution in [0.15, 0.2) is 23.8 Å². The number of fused-ring (bicyclic) bond motifs is 5. The maximum atomic E-state index is 17.2.